The standard InChI is InChI=1S/C10H10ClFO2/c11-5-9-6-13-10(14-9)7-1-3-8(12)4-2-7/h1-4,9-10H,5-6H2. The molecule has 0 bridgehead atoms. The van der Waals surface area contributed by atoms with Crippen molar-refractivity contribution < 1.29 is 13.9 Å². The quantitative estimate of drug-likeness (QED) is 0.708. The molecule has 2 nitrogen and oxygen atoms in total. The minimum atomic E-state index is -0.403. The van der Waals surface area contributed by atoms with Gasteiger partial charge < -0.3 is 9.47 Å². The van der Waals surface area contributed by atoms with Gasteiger partial charge in [0.1, 0.15) is 5.82 Å². The van der Waals surface area contributed by atoms with Crippen molar-refractivity contribution in [2.75, 3.05) is 12.5 Å². The predicted molar refractivity (Wildman–Crippen MR) is 50.7 cm³/mol. The highest BCUT2D eigenvalue weighted by Crippen LogP contribution is 2.27. The summed E-state index contributed by atoms with van der Waals surface area (Å²) in [6.45, 7) is 0.492. The Morgan fingerprint density at radius 2 is 2.07 bits per heavy atom. The number of hydrogen-bond donors (Lipinski definition) is 0. The predicted octanol–water partition coefficient (Wildman–Crippen LogP) is 2.48. The van der Waals surface area contributed by atoms with E-state index in [9.17, 15) is 4.39 Å². The van der Waals surface area contributed by atoms with Crippen LogP contribution in [-0.2, 0) is 9.47 Å². The maximum atomic E-state index is 12.6. The lowest BCUT2D eigenvalue weighted by Gasteiger charge is -2.09. The number of ether oxygens (including phenoxy) is 2. The molecule has 1 heterocycles. The molecule has 0 spiro atoms. The smallest absolute Gasteiger partial charge is 0.184 e. The molecule has 4 heteroatoms. The van der Waals surface area contributed by atoms with Crippen LogP contribution >= 0.6 is 11.6 Å². The summed E-state index contributed by atoms with van der Waals surface area (Å²) in [5, 5.41) is 0. The van der Waals surface area contributed by atoms with Gasteiger partial charge >= 0.3 is 0 Å². The number of alkyl halides is 1. The second kappa shape index (κ2) is 4.26. The molecule has 1 aromatic carbocycles. The van der Waals surface area contributed by atoms with E-state index < -0.39 is 6.29 Å². The molecule has 1 aliphatic heterocycles. The Morgan fingerprint density at radius 3 is 2.64 bits per heavy atom. The van der Waals surface area contributed by atoms with Gasteiger partial charge in [0.2, 0.25) is 0 Å². The highest BCUT2D eigenvalue weighted by molar-refractivity contribution is 6.18. The highest BCUT2D eigenvalue weighted by Gasteiger charge is 2.26. The van der Waals surface area contributed by atoms with Crippen LogP contribution in [0.25, 0.3) is 0 Å². The van der Waals surface area contributed by atoms with E-state index >= 15 is 0 Å². The van der Waals surface area contributed by atoms with E-state index in [1.165, 1.54) is 12.1 Å². The van der Waals surface area contributed by atoms with Crippen LogP contribution in [0.2, 0.25) is 0 Å². The van der Waals surface area contributed by atoms with Gasteiger partial charge in [-0.25, -0.2) is 4.39 Å². The van der Waals surface area contributed by atoms with Gasteiger partial charge in [-0.1, -0.05) is 12.1 Å². The van der Waals surface area contributed by atoms with E-state index in [0.29, 0.717) is 12.5 Å². The van der Waals surface area contributed by atoms with Crippen molar-refractivity contribution in [2.24, 2.45) is 0 Å². The lowest BCUT2D eigenvalue weighted by molar-refractivity contribution is -0.0567. The van der Waals surface area contributed by atoms with E-state index in [4.69, 9.17) is 21.1 Å². The molecule has 2 atom stereocenters. The zero-order chi connectivity index (χ0) is 9.97. The summed E-state index contributed by atoms with van der Waals surface area (Å²) in [4.78, 5) is 0. The van der Waals surface area contributed by atoms with E-state index in [0.717, 1.165) is 5.56 Å². The number of halogens is 2. The van der Waals surface area contributed by atoms with Gasteiger partial charge in [0.25, 0.3) is 0 Å². The number of rotatable bonds is 2. The average molecular weight is 217 g/mol. The van der Waals surface area contributed by atoms with Crippen molar-refractivity contribution in [3.05, 3.63) is 35.6 Å². The van der Waals surface area contributed by atoms with E-state index in [2.05, 4.69) is 0 Å². The fourth-order valence-electron chi connectivity index (χ4n) is 1.32. The molecule has 2 rings (SSSR count). The van der Waals surface area contributed by atoms with Crippen LogP contribution in [0.4, 0.5) is 4.39 Å². The fraction of sp³-hybridized carbons (Fsp3) is 0.400. The first-order valence-corrected chi connectivity index (χ1v) is 4.91. The summed E-state index contributed by atoms with van der Waals surface area (Å²) in [6, 6.07) is 6.07. The third kappa shape index (κ3) is 2.05. The Morgan fingerprint density at radius 1 is 1.36 bits per heavy atom. The molecule has 76 valence electrons. The first-order valence-electron chi connectivity index (χ1n) is 4.38. The molecule has 14 heavy (non-hydrogen) atoms. The van der Waals surface area contributed by atoms with Gasteiger partial charge in [0.15, 0.2) is 6.29 Å². The molecule has 0 saturated carbocycles. The Labute approximate surface area is 86.6 Å². The molecule has 1 fully saturated rings. The topological polar surface area (TPSA) is 18.5 Å². The van der Waals surface area contributed by atoms with Crippen LogP contribution < -0.4 is 0 Å². The summed E-state index contributed by atoms with van der Waals surface area (Å²) in [6.07, 6.45) is -0.467. The molecule has 0 aromatic heterocycles. The van der Waals surface area contributed by atoms with Crippen LogP contribution in [0.5, 0.6) is 0 Å². The second-order valence-corrected chi connectivity index (χ2v) is 3.44. The molecule has 1 aromatic rings. The first-order chi connectivity index (χ1) is 6.79. The monoisotopic (exact) mass is 216 g/mol. The van der Waals surface area contributed by atoms with Gasteiger partial charge in [0.05, 0.1) is 18.6 Å². The maximum absolute atomic E-state index is 12.6. The molecule has 0 aliphatic carbocycles. The zero-order valence-corrected chi connectivity index (χ0v) is 8.21. The van der Waals surface area contributed by atoms with Crippen molar-refractivity contribution >= 4 is 11.6 Å². The molecule has 1 saturated heterocycles. The largest absolute Gasteiger partial charge is 0.346 e. The van der Waals surface area contributed by atoms with E-state index in [1.807, 2.05) is 0 Å². The molecule has 2 unspecified atom stereocenters. The molecule has 1 aliphatic rings. The molecule has 0 radical (unpaired) electrons. The third-order valence-electron chi connectivity index (χ3n) is 2.06. The summed E-state index contributed by atoms with van der Waals surface area (Å²) >= 11 is 5.62. The van der Waals surface area contributed by atoms with Crippen LogP contribution in [0.3, 0.4) is 0 Å². The summed E-state index contributed by atoms with van der Waals surface area (Å²) in [7, 11) is 0. The third-order valence-corrected chi connectivity index (χ3v) is 2.41. The van der Waals surface area contributed by atoms with Crippen molar-refractivity contribution in [1.29, 1.82) is 0 Å². The Kier molecular flexibility index (Phi) is 3.01. The van der Waals surface area contributed by atoms with E-state index in [1.54, 1.807) is 12.1 Å². The van der Waals surface area contributed by atoms with Crippen molar-refractivity contribution in [1.82, 2.24) is 0 Å². The Balaban J connectivity index is 2.06. The number of benzene rings is 1. The Bertz CT molecular complexity index is 301. The Hall–Kier alpha value is -0.640. The van der Waals surface area contributed by atoms with Gasteiger partial charge in [-0.3, -0.25) is 0 Å². The SMILES string of the molecule is Fc1ccc(C2OCC(CCl)O2)cc1. The summed E-state index contributed by atoms with van der Waals surface area (Å²) < 4.78 is 23.4. The van der Waals surface area contributed by atoms with E-state index in [-0.39, 0.29) is 11.9 Å². The van der Waals surface area contributed by atoms with Crippen molar-refractivity contribution in [3.8, 4) is 0 Å². The normalized spacial score (nSPS) is 26.7. The number of hydrogen-bond acceptors (Lipinski definition) is 2. The minimum absolute atomic E-state index is 0.0632. The highest BCUT2D eigenvalue weighted by atomic mass is 35.5. The minimum Gasteiger partial charge on any atom is -0.346 e. The first kappa shape index (κ1) is 9.90. The van der Waals surface area contributed by atoms with Gasteiger partial charge in [0, 0.05) is 5.56 Å². The van der Waals surface area contributed by atoms with Crippen LogP contribution in [0, 0.1) is 5.82 Å². The van der Waals surface area contributed by atoms with Gasteiger partial charge in [-0.05, 0) is 12.1 Å². The van der Waals surface area contributed by atoms with Crippen LogP contribution in [-0.4, -0.2) is 18.6 Å². The molecule has 0 N–H and O–H groups in total. The maximum Gasteiger partial charge on any atom is 0.184 e. The van der Waals surface area contributed by atoms with Crippen LogP contribution in [0.15, 0.2) is 24.3 Å². The van der Waals surface area contributed by atoms with Crippen molar-refractivity contribution in [2.45, 2.75) is 12.4 Å². The van der Waals surface area contributed by atoms with Crippen molar-refractivity contribution in [3.63, 3.8) is 0 Å². The fourth-order valence-corrected chi connectivity index (χ4v) is 1.49. The second-order valence-electron chi connectivity index (χ2n) is 3.13. The lowest BCUT2D eigenvalue weighted by Crippen LogP contribution is -2.10. The van der Waals surface area contributed by atoms with Crippen LogP contribution in [0.1, 0.15) is 11.9 Å². The summed E-state index contributed by atoms with van der Waals surface area (Å²) in [5.41, 5.74) is 0.819. The lowest BCUT2D eigenvalue weighted by atomic mass is 10.2. The van der Waals surface area contributed by atoms with Gasteiger partial charge in [-0.2, -0.15) is 0 Å². The summed E-state index contributed by atoms with van der Waals surface area (Å²) in [5.74, 6) is 0.151. The van der Waals surface area contributed by atoms with Gasteiger partial charge in [-0.15, -0.1) is 11.6 Å². The zero-order valence-electron chi connectivity index (χ0n) is 7.45. The molecule has 0 amide bonds. The molecular formula is C10H10ClFO2. The average Bonchev–Trinajstić information content (AvgIpc) is 2.67. The molecular weight excluding hydrogens is 207 g/mol.